The number of nitrogens with zero attached hydrogens (tertiary/aromatic N) is 3. The molecule has 180 valence electrons. The quantitative estimate of drug-likeness (QED) is 0.242. The number of fused-ring (bicyclic) bond motifs is 1. The van der Waals surface area contributed by atoms with E-state index in [0.29, 0.717) is 12.6 Å². The van der Waals surface area contributed by atoms with E-state index < -0.39 is 5.60 Å². The van der Waals surface area contributed by atoms with Crippen LogP contribution in [0.25, 0.3) is 0 Å². The zero-order valence-corrected chi connectivity index (χ0v) is 22.0. The van der Waals surface area contributed by atoms with Gasteiger partial charge < -0.3 is 25.0 Å². The maximum absolute atomic E-state index is 11.7. The summed E-state index contributed by atoms with van der Waals surface area (Å²) in [6, 6.07) is 11.0. The molecule has 8 nitrogen and oxygen atoms in total. The van der Waals surface area contributed by atoms with E-state index in [9.17, 15) is 4.79 Å². The number of alkyl carbamates (subject to hydrolysis) is 1. The van der Waals surface area contributed by atoms with Crippen LogP contribution in [0, 0.1) is 0 Å². The molecule has 0 bridgehead atoms. The van der Waals surface area contributed by atoms with Gasteiger partial charge in [0.1, 0.15) is 5.60 Å². The van der Waals surface area contributed by atoms with Gasteiger partial charge in [0, 0.05) is 46.3 Å². The number of benzene rings is 1. The molecule has 9 heteroatoms. The van der Waals surface area contributed by atoms with E-state index in [1.165, 1.54) is 5.56 Å². The van der Waals surface area contributed by atoms with Crippen molar-refractivity contribution >= 4 is 36.0 Å². The number of carbonyl (C=O) groups excluding carboxylic acids is 1. The van der Waals surface area contributed by atoms with Crippen LogP contribution in [0.15, 0.2) is 35.3 Å². The zero-order chi connectivity index (χ0) is 22.3. The molecule has 2 unspecified atom stereocenters. The summed E-state index contributed by atoms with van der Waals surface area (Å²) in [5.74, 6) is 0.884. The molecule has 0 aliphatic carbocycles. The largest absolute Gasteiger partial charge is 0.444 e. The number of hydrogen-bond acceptors (Lipinski definition) is 5. The van der Waals surface area contributed by atoms with Gasteiger partial charge in [0.15, 0.2) is 5.96 Å². The molecule has 1 aromatic rings. The lowest BCUT2D eigenvalue weighted by Gasteiger charge is -2.36. The van der Waals surface area contributed by atoms with E-state index in [2.05, 4.69) is 55.8 Å². The van der Waals surface area contributed by atoms with Gasteiger partial charge in [0.25, 0.3) is 0 Å². The molecular weight excluding hydrogens is 521 g/mol. The van der Waals surface area contributed by atoms with Crippen molar-refractivity contribution in [2.75, 3.05) is 46.4 Å². The van der Waals surface area contributed by atoms with E-state index >= 15 is 0 Å². The third kappa shape index (κ3) is 8.08. The molecule has 2 aliphatic rings. The number of morpholine rings is 1. The van der Waals surface area contributed by atoms with Crippen LogP contribution in [-0.4, -0.2) is 86.0 Å². The molecule has 1 aromatic carbocycles. The van der Waals surface area contributed by atoms with Gasteiger partial charge in [-0.2, -0.15) is 0 Å². The average Bonchev–Trinajstić information content (AvgIpc) is 3.15. The van der Waals surface area contributed by atoms with Crippen molar-refractivity contribution < 1.29 is 14.3 Å². The number of carbonyl (C=O) groups is 1. The normalized spacial score (nSPS) is 21.5. The fourth-order valence-corrected chi connectivity index (χ4v) is 4.07. The first-order valence-corrected chi connectivity index (χ1v) is 11.2. The minimum atomic E-state index is -0.479. The Morgan fingerprint density at radius 3 is 2.59 bits per heavy atom. The summed E-state index contributed by atoms with van der Waals surface area (Å²) in [6.07, 6.45) is 0.608. The Labute approximate surface area is 209 Å². The van der Waals surface area contributed by atoms with Crippen LogP contribution in [0.3, 0.4) is 0 Å². The first-order valence-electron chi connectivity index (χ1n) is 11.2. The van der Waals surface area contributed by atoms with Crippen molar-refractivity contribution in [3.05, 3.63) is 35.9 Å². The summed E-state index contributed by atoms with van der Waals surface area (Å²) in [4.78, 5) is 21.0. The zero-order valence-electron chi connectivity index (χ0n) is 19.7. The fraction of sp³-hybridized carbons (Fsp3) is 0.652. The average molecular weight is 559 g/mol. The first-order chi connectivity index (χ1) is 14.9. The highest BCUT2D eigenvalue weighted by Gasteiger charge is 2.41. The van der Waals surface area contributed by atoms with Gasteiger partial charge in [0.05, 0.1) is 18.8 Å². The Bertz CT molecular complexity index is 741. The highest BCUT2D eigenvalue weighted by Crippen LogP contribution is 2.24. The maximum Gasteiger partial charge on any atom is 0.407 e. The van der Waals surface area contributed by atoms with Crippen LogP contribution >= 0.6 is 24.0 Å². The lowest BCUT2D eigenvalue weighted by atomic mass is 10.1. The van der Waals surface area contributed by atoms with Gasteiger partial charge in [-0.25, -0.2) is 4.79 Å². The number of hydrogen-bond donors (Lipinski definition) is 2. The Morgan fingerprint density at radius 1 is 1.19 bits per heavy atom. The fourth-order valence-electron chi connectivity index (χ4n) is 4.07. The van der Waals surface area contributed by atoms with Crippen molar-refractivity contribution in [2.45, 2.75) is 51.5 Å². The number of halogens is 1. The van der Waals surface area contributed by atoms with Gasteiger partial charge in [-0.15, -0.1) is 24.0 Å². The molecule has 2 heterocycles. The van der Waals surface area contributed by atoms with Crippen LogP contribution in [0.5, 0.6) is 0 Å². The second-order valence-electron chi connectivity index (χ2n) is 9.09. The maximum atomic E-state index is 11.7. The van der Waals surface area contributed by atoms with Gasteiger partial charge in [0.2, 0.25) is 0 Å². The lowest BCUT2D eigenvalue weighted by Crippen LogP contribution is -2.50. The summed E-state index contributed by atoms with van der Waals surface area (Å²) in [5, 5.41) is 6.21. The van der Waals surface area contributed by atoms with Crippen LogP contribution < -0.4 is 10.6 Å². The molecule has 0 aromatic heterocycles. The van der Waals surface area contributed by atoms with Crippen molar-refractivity contribution in [1.29, 1.82) is 0 Å². The third-order valence-electron chi connectivity index (χ3n) is 5.46. The Hall–Kier alpha value is -1.59. The number of rotatable bonds is 6. The highest BCUT2D eigenvalue weighted by atomic mass is 127. The molecular formula is C23H38IN5O3. The molecule has 2 aliphatic heterocycles. The van der Waals surface area contributed by atoms with Gasteiger partial charge in [-0.1, -0.05) is 30.3 Å². The van der Waals surface area contributed by atoms with Crippen molar-refractivity contribution in [1.82, 2.24) is 20.4 Å². The van der Waals surface area contributed by atoms with E-state index in [4.69, 9.17) is 9.47 Å². The van der Waals surface area contributed by atoms with Gasteiger partial charge >= 0.3 is 6.09 Å². The molecule has 2 fully saturated rings. The van der Waals surface area contributed by atoms with Gasteiger partial charge in [-0.05, 0) is 32.8 Å². The Balaban J connectivity index is 0.00000363. The Kier molecular flexibility index (Phi) is 10.5. The summed E-state index contributed by atoms with van der Waals surface area (Å²) in [6.45, 7) is 11.3. The highest BCUT2D eigenvalue weighted by molar-refractivity contribution is 14.0. The second-order valence-corrected chi connectivity index (χ2v) is 9.09. The summed E-state index contributed by atoms with van der Waals surface area (Å²) in [7, 11) is 1.81. The van der Waals surface area contributed by atoms with Crippen LogP contribution in [-0.2, 0) is 16.0 Å². The van der Waals surface area contributed by atoms with Crippen molar-refractivity contribution in [2.24, 2.45) is 4.99 Å². The van der Waals surface area contributed by atoms with Crippen molar-refractivity contribution in [3.8, 4) is 0 Å². The molecule has 2 atom stereocenters. The third-order valence-corrected chi connectivity index (χ3v) is 5.46. The van der Waals surface area contributed by atoms with E-state index in [0.717, 1.165) is 51.7 Å². The minimum absolute atomic E-state index is 0. The number of aliphatic imine (C=N–C) groups is 1. The summed E-state index contributed by atoms with van der Waals surface area (Å²) < 4.78 is 11.3. The molecule has 32 heavy (non-hydrogen) atoms. The van der Waals surface area contributed by atoms with E-state index in [1.54, 1.807) is 0 Å². The Morgan fingerprint density at radius 2 is 1.91 bits per heavy atom. The van der Waals surface area contributed by atoms with E-state index in [-0.39, 0.29) is 36.2 Å². The molecule has 1 amide bonds. The van der Waals surface area contributed by atoms with Crippen LogP contribution in [0.4, 0.5) is 4.79 Å². The predicted octanol–water partition coefficient (Wildman–Crippen LogP) is 2.68. The molecule has 2 saturated heterocycles. The smallest absolute Gasteiger partial charge is 0.407 e. The molecule has 2 N–H and O–H groups in total. The molecule has 3 rings (SSSR count). The first kappa shape index (κ1) is 26.7. The number of ether oxygens (including phenoxy) is 2. The monoisotopic (exact) mass is 559 g/mol. The minimum Gasteiger partial charge on any atom is -0.444 e. The SMILES string of the molecule is CN=C(NCCCNC(=O)OC(C)(C)C)N1CC2OCCN(Cc3ccccc3)C2C1.I. The molecule has 0 saturated carbocycles. The second kappa shape index (κ2) is 12.6. The topological polar surface area (TPSA) is 78.4 Å². The molecule has 0 spiro atoms. The number of amides is 1. The number of likely N-dealkylation sites (tertiary alicyclic amines) is 1. The van der Waals surface area contributed by atoms with E-state index in [1.807, 2.05) is 27.8 Å². The van der Waals surface area contributed by atoms with Gasteiger partial charge in [-0.3, -0.25) is 9.89 Å². The predicted molar refractivity (Wildman–Crippen MR) is 138 cm³/mol. The van der Waals surface area contributed by atoms with Crippen LogP contribution in [0.2, 0.25) is 0 Å². The standard InChI is InChI=1S/C23H37N5O3.HI/c1-23(2,3)31-22(29)26-12-8-11-25-21(24-4)28-16-19-20(17-28)30-14-13-27(19)15-18-9-6-5-7-10-18;/h5-7,9-10,19-20H,8,11-17H2,1-4H3,(H,24,25)(H,26,29);1H. The van der Waals surface area contributed by atoms with Crippen molar-refractivity contribution in [3.63, 3.8) is 0 Å². The van der Waals surface area contributed by atoms with Crippen LogP contribution in [0.1, 0.15) is 32.8 Å². The molecule has 0 radical (unpaired) electrons. The summed E-state index contributed by atoms with van der Waals surface area (Å²) >= 11 is 0. The number of guanidine groups is 1. The number of nitrogens with one attached hydrogen (secondary N) is 2. The summed E-state index contributed by atoms with van der Waals surface area (Å²) in [5.41, 5.74) is 0.856. The lowest BCUT2D eigenvalue weighted by molar-refractivity contribution is -0.0502.